The van der Waals surface area contributed by atoms with Gasteiger partial charge in [0.2, 0.25) is 11.8 Å². The molecule has 2 amide bonds. The molecule has 5 heteroatoms. The smallest absolute Gasteiger partial charge is 0.227 e. The van der Waals surface area contributed by atoms with Crippen LogP contribution in [0.25, 0.3) is 0 Å². The second-order valence-corrected chi connectivity index (χ2v) is 6.95. The normalized spacial score (nSPS) is 17.6. The van der Waals surface area contributed by atoms with Gasteiger partial charge >= 0.3 is 0 Å². The van der Waals surface area contributed by atoms with Gasteiger partial charge in [-0.2, -0.15) is 0 Å². The Balaban J connectivity index is 1.67. The molecule has 4 nitrogen and oxygen atoms in total. The maximum atomic E-state index is 12.3. The summed E-state index contributed by atoms with van der Waals surface area (Å²) >= 11 is 1.62. The van der Waals surface area contributed by atoms with Crippen LogP contribution < -0.4 is 10.2 Å². The number of hydrogen-bond acceptors (Lipinski definition) is 3. The average Bonchev–Trinajstić information content (AvgIpc) is 3.17. The average molecular weight is 328 g/mol. The van der Waals surface area contributed by atoms with Crippen LogP contribution in [-0.4, -0.2) is 18.4 Å². The molecule has 1 saturated heterocycles. The van der Waals surface area contributed by atoms with E-state index in [1.54, 1.807) is 16.2 Å². The van der Waals surface area contributed by atoms with Crippen LogP contribution in [0.4, 0.5) is 5.69 Å². The first-order valence-corrected chi connectivity index (χ1v) is 8.61. The van der Waals surface area contributed by atoms with Crippen molar-refractivity contribution in [3.8, 4) is 0 Å². The highest BCUT2D eigenvalue weighted by Gasteiger charge is 2.35. The Morgan fingerprint density at radius 1 is 1.30 bits per heavy atom. The number of carbonyl (C=O) groups excluding carboxylic acids is 2. The summed E-state index contributed by atoms with van der Waals surface area (Å²) in [7, 11) is 0. The zero-order valence-electron chi connectivity index (χ0n) is 13.3. The molecule has 0 aliphatic carbocycles. The topological polar surface area (TPSA) is 49.4 Å². The Bertz CT molecular complexity index is 725. The fourth-order valence-corrected chi connectivity index (χ4v) is 3.52. The lowest BCUT2D eigenvalue weighted by atomic mass is 10.1. The van der Waals surface area contributed by atoms with Gasteiger partial charge in [-0.1, -0.05) is 18.2 Å². The van der Waals surface area contributed by atoms with Gasteiger partial charge in [-0.15, -0.1) is 11.3 Å². The minimum absolute atomic E-state index is 0.0231. The molecule has 0 radical (unpaired) electrons. The van der Waals surface area contributed by atoms with Crippen molar-refractivity contribution in [3.05, 3.63) is 51.7 Å². The minimum Gasteiger partial charge on any atom is -0.351 e. The number of aryl methyl sites for hydroxylation is 1. The molecule has 1 aliphatic heterocycles. The summed E-state index contributed by atoms with van der Waals surface area (Å²) in [5.74, 6) is -0.295. The summed E-state index contributed by atoms with van der Waals surface area (Å²) in [6.45, 7) is 5.04. The summed E-state index contributed by atoms with van der Waals surface area (Å²) in [5.41, 5.74) is 3.17. The standard InChI is InChI=1S/C18H20N2O2S/c1-12-5-3-7-16(13(12)2)20-11-14(9-17(20)21)18(22)19-10-15-6-4-8-23-15/h3-8,14H,9-11H2,1-2H3,(H,19,22). The maximum absolute atomic E-state index is 12.3. The lowest BCUT2D eigenvalue weighted by Crippen LogP contribution is -2.32. The molecule has 1 unspecified atom stereocenters. The number of anilines is 1. The molecule has 1 atom stereocenters. The Labute approximate surface area is 140 Å². The predicted octanol–water partition coefficient (Wildman–Crippen LogP) is 3.03. The summed E-state index contributed by atoms with van der Waals surface area (Å²) in [4.78, 5) is 27.5. The molecule has 0 spiro atoms. The summed E-state index contributed by atoms with van der Waals surface area (Å²) in [6.07, 6.45) is 0.281. The quantitative estimate of drug-likeness (QED) is 0.938. The fourth-order valence-electron chi connectivity index (χ4n) is 2.88. The van der Waals surface area contributed by atoms with Crippen molar-refractivity contribution in [2.24, 2.45) is 5.92 Å². The van der Waals surface area contributed by atoms with Crippen molar-refractivity contribution >= 4 is 28.8 Å². The molecule has 1 aromatic carbocycles. The number of carbonyl (C=O) groups is 2. The molecule has 1 aromatic heterocycles. The van der Waals surface area contributed by atoms with Crippen LogP contribution in [0, 0.1) is 19.8 Å². The number of thiophene rings is 1. The van der Waals surface area contributed by atoms with Crippen LogP contribution in [0.3, 0.4) is 0 Å². The van der Waals surface area contributed by atoms with Crippen molar-refractivity contribution in [1.82, 2.24) is 5.32 Å². The molecule has 23 heavy (non-hydrogen) atoms. The van der Waals surface area contributed by atoms with E-state index in [0.717, 1.165) is 21.7 Å². The van der Waals surface area contributed by atoms with E-state index in [-0.39, 0.29) is 24.2 Å². The third kappa shape index (κ3) is 3.29. The second-order valence-electron chi connectivity index (χ2n) is 5.92. The van der Waals surface area contributed by atoms with E-state index in [2.05, 4.69) is 5.32 Å². The lowest BCUT2D eigenvalue weighted by molar-refractivity contribution is -0.126. The van der Waals surface area contributed by atoms with Crippen LogP contribution in [0.15, 0.2) is 35.7 Å². The van der Waals surface area contributed by atoms with Crippen LogP contribution in [-0.2, 0) is 16.1 Å². The third-order valence-corrected chi connectivity index (χ3v) is 5.26. The van der Waals surface area contributed by atoms with E-state index in [4.69, 9.17) is 0 Å². The minimum atomic E-state index is -0.276. The summed E-state index contributed by atoms with van der Waals surface area (Å²) < 4.78 is 0. The second kappa shape index (κ2) is 6.54. The summed E-state index contributed by atoms with van der Waals surface area (Å²) in [6, 6.07) is 9.90. The molecular weight excluding hydrogens is 308 g/mol. The molecule has 0 saturated carbocycles. The van der Waals surface area contributed by atoms with Gasteiger partial charge < -0.3 is 10.2 Å². The molecule has 1 fully saturated rings. The number of nitrogens with one attached hydrogen (secondary N) is 1. The van der Waals surface area contributed by atoms with Crippen LogP contribution >= 0.6 is 11.3 Å². The first-order chi connectivity index (χ1) is 11.1. The third-order valence-electron chi connectivity index (χ3n) is 4.38. The Hall–Kier alpha value is -2.14. The van der Waals surface area contributed by atoms with Gasteiger partial charge in [-0.05, 0) is 42.5 Å². The zero-order valence-corrected chi connectivity index (χ0v) is 14.2. The van der Waals surface area contributed by atoms with E-state index >= 15 is 0 Å². The molecular formula is C18H20N2O2S. The van der Waals surface area contributed by atoms with E-state index in [1.165, 1.54) is 0 Å². The van der Waals surface area contributed by atoms with Gasteiger partial charge in [-0.25, -0.2) is 0 Å². The molecule has 2 heterocycles. The zero-order chi connectivity index (χ0) is 16.4. The van der Waals surface area contributed by atoms with Crippen molar-refractivity contribution in [2.75, 3.05) is 11.4 Å². The number of benzene rings is 1. The molecule has 0 bridgehead atoms. The van der Waals surface area contributed by atoms with Gasteiger partial charge in [0.25, 0.3) is 0 Å². The molecule has 1 N–H and O–H groups in total. The monoisotopic (exact) mass is 328 g/mol. The first kappa shape index (κ1) is 15.7. The predicted molar refractivity (Wildman–Crippen MR) is 92.5 cm³/mol. The highest BCUT2D eigenvalue weighted by Crippen LogP contribution is 2.29. The molecule has 120 valence electrons. The van der Waals surface area contributed by atoms with Crippen LogP contribution in [0.5, 0.6) is 0 Å². The fraction of sp³-hybridized carbons (Fsp3) is 0.333. The molecule has 2 aromatic rings. The van der Waals surface area contributed by atoms with E-state index in [1.807, 2.05) is 49.6 Å². The van der Waals surface area contributed by atoms with Gasteiger partial charge in [0, 0.05) is 23.5 Å². The van der Waals surface area contributed by atoms with Gasteiger partial charge in [0.15, 0.2) is 0 Å². The van der Waals surface area contributed by atoms with E-state index in [0.29, 0.717) is 13.1 Å². The Morgan fingerprint density at radius 2 is 2.13 bits per heavy atom. The van der Waals surface area contributed by atoms with Crippen molar-refractivity contribution < 1.29 is 9.59 Å². The Kier molecular flexibility index (Phi) is 4.48. The highest BCUT2D eigenvalue weighted by molar-refractivity contribution is 7.09. The maximum Gasteiger partial charge on any atom is 0.227 e. The van der Waals surface area contributed by atoms with Crippen LogP contribution in [0.2, 0.25) is 0 Å². The molecule has 3 rings (SSSR count). The Morgan fingerprint density at radius 3 is 2.87 bits per heavy atom. The van der Waals surface area contributed by atoms with Crippen molar-refractivity contribution in [2.45, 2.75) is 26.8 Å². The number of rotatable bonds is 4. The number of nitrogens with zero attached hydrogens (tertiary/aromatic N) is 1. The SMILES string of the molecule is Cc1cccc(N2CC(C(=O)NCc3cccs3)CC2=O)c1C. The van der Waals surface area contributed by atoms with Gasteiger partial charge in [0.05, 0.1) is 12.5 Å². The van der Waals surface area contributed by atoms with Crippen molar-refractivity contribution in [3.63, 3.8) is 0 Å². The lowest BCUT2D eigenvalue weighted by Gasteiger charge is -2.20. The molecule has 1 aliphatic rings. The first-order valence-electron chi connectivity index (χ1n) is 7.73. The van der Waals surface area contributed by atoms with E-state index in [9.17, 15) is 9.59 Å². The van der Waals surface area contributed by atoms with Crippen molar-refractivity contribution in [1.29, 1.82) is 0 Å². The summed E-state index contributed by atoms with van der Waals surface area (Å²) in [5, 5.41) is 4.93. The number of amides is 2. The highest BCUT2D eigenvalue weighted by atomic mass is 32.1. The van der Waals surface area contributed by atoms with Crippen LogP contribution in [0.1, 0.15) is 22.4 Å². The van der Waals surface area contributed by atoms with Gasteiger partial charge in [0.1, 0.15) is 0 Å². The van der Waals surface area contributed by atoms with E-state index < -0.39 is 0 Å². The van der Waals surface area contributed by atoms with Gasteiger partial charge in [-0.3, -0.25) is 9.59 Å². The largest absolute Gasteiger partial charge is 0.351 e. The number of hydrogen-bond donors (Lipinski definition) is 1.